The van der Waals surface area contributed by atoms with Crippen LogP contribution >= 0.6 is 23.8 Å². The molecular formula is C20H16ClN3OS. The summed E-state index contributed by atoms with van der Waals surface area (Å²) in [7, 11) is 0. The van der Waals surface area contributed by atoms with Crippen LogP contribution in [-0.2, 0) is 0 Å². The van der Waals surface area contributed by atoms with E-state index < -0.39 is 0 Å². The molecular weight excluding hydrogens is 366 g/mol. The van der Waals surface area contributed by atoms with E-state index in [0.717, 1.165) is 33.8 Å². The first kappa shape index (κ1) is 16.8. The van der Waals surface area contributed by atoms with Gasteiger partial charge in [-0.2, -0.15) is 0 Å². The van der Waals surface area contributed by atoms with Crippen molar-refractivity contribution < 1.29 is 4.74 Å². The van der Waals surface area contributed by atoms with E-state index in [2.05, 4.69) is 9.97 Å². The Bertz CT molecular complexity index is 1110. The Morgan fingerprint density at radius 1 is 1.08 bits per heavy atom. The van der Waals surface area contributed by atoms with Crippen LogP contribution in [0.4, 0.5) is 0 Å². The molecule has 0 unspecified atom stereocenters. The van der Waals surface area contributed by atoms with Crippen molar-refractivity contribution in [1.82, 2.24) is 14.4 Å². The number of aromatic amines is 1. The SMILES string of the molecule is CCOc1ccc(-c2cn3c(=S)ncc(-c4ccc(Cl)cc4)c3[nH]2)cc1. The Hall–Kier alpha value is -2.63. The highest BCUT2D eigenvalue weighted by atomic mass is 35.5. The number of H-pyrrole nitrogens is 1. The van der Waals surface area contributed by atoms with E-state index in [4.69, 9.17) is 28.6 Å². The van der Waals surface area contributed by atoms with E-state index >= 15 is 0 Å². The van der Waals surface area contributed by atoms with E-state index in [9.17, 15) is 0 Å². The Morgan fingerprint density at radius 3 is 2.46 bits per heavy atom. The van der Waals surface area contributed by atoms with Gasteiger partial charge in [-0.3, -0.25) is 4.40 Å². The third-order valence-electron chi connectivity index (χ3n) is 4.15. The predicted molar refractivity (Wildman–Crippen MR) is 107 cm³/mol. The first-order valence-electron chi connectivity index (χ1n) is 8.25. The molecule has 0 saturated carbocycles. The predicted octanol–water partition coefficient (Wildman–Crippen LogP) is 5.78. The number of rotatable bonds is 4. The van der Waals surface area contributed by atoms with Crippen molar-refractivity contribution in [1.29, 1.82) is 0 Å². The molecule has 0 aliphatic rings. The van der Waals surface area contributed by atoms with Crippen molar-refractivity contribution in [2.45, 2.75) is 6.92 Å². The molecule has 4 aromatic rings. The van der Waals surface area contributed by atoms with Crippen molar-refractivity contribution in [2.24, 2.45) is 0 Å². The van der Waals surface area contributed by atoms with Gasteiger partial charge in [-0.05, 0) is 66.7 Å². The number of halogens is 1. The minimum Gasteiger partial charge on any atom is -0.494 e. The molecule has 2 aromatic carbocycles. The Morgan fingerprint density at radius 2 is 1.77 bits per heavy atom. The van der Waals surface area contributed by atoms with Crippen LogP contribution in [0.1, 0.15) is 6.92 Å². The van der Waals surface area contributed by atoms with Gasteiger partial charge in [0.15, 0.2) is 0 Å². The highest BCUT2D eigenvalue weighted by molar-refractivity contribution is 7.71. The largest absolute Gasteiger partial charge is 0.494 e. The molecule has 2 aromatic heterocycles. The van der Waals surface area contributed by atoms with Crippen molar-refractivity contribution in [3.8, 4) is 28.1 Å². The van der Waals surface area contributed by atoms with Crippen LogP contribution < -0.4 is 4.74 Å². The molecule has 0 atom stereocenters. The highest BCUT2D eigenvalue weighted by Crippen LogP contribution is 2.28. The monoisotopic (exact) mass is 381 g/mol. The van der Waals surface area contributed by atoms with E-state index in [1.165, 1.54) is 0 Å². The molecule has 2 heterocycles. The van der Waals surface area contributed by atoms with E-state index in [1.807, 2.05) is 66.1 Å². The van der Waals surface area contributed by atoms with Gasteiger partial charge in [0.2, 0.25) is 4.77 Å². The standard InChI is InChI=1S/C20H16ClN3OS/c1-2-25-16-9-5-14(6-10-16)18-12-24-19(23-18)17(11-22-20(24)26)13-3-7-15(21)8-4-13/h3-12,23H,2H2,1H3. The Balaban J connectivity index is 1.83. The van der Waals surface area contributed by atoms with Crippen LogP contribution in [0.2, 0.25) is 5.02 Å². The zero-order chi connectivity index (χ0) is 18.1. The number of nitrogens with zero attached hydrogens (tertiary/aromatic N) is 2. The van der Waals surface area contributed by atoms with Crippen LogP contribution in [0, 0.1) is 4.77 Å². The minimum absolute atomic E-state index is 0.506. The summed E-state index contributed by atoms with van der Waals surface area (Å²) in [5.74, 6) is 0.854. The van der Waals surface area contributed by atoms with Crippen molar-refractivity contribution in [3.63, 3.8) is 0 Å². The molecule has 0 fully saturated rings. The van der Waals surface area contributed by atoms with Gasteiger partial charge in [-0.25, -0.2) is 4.98 Å². The van der Waals surface area contributed by atoms with Gasteiger partial charge in [0.25, 0.3) is 0 Å². The summed E-state index contributed by atoms with van der Waals surface area (Å²) in [6.45, 7) is 2.62. The van der Waals surface area contributed by atoms with Crippen LogP contribution in [0.25, 0.3) is 28.0 Å². The number of nitrogens with one attached hydrogen (secondary N) is 1. The number of imidazole rings is 1. The molecule has 0 saturated heterocycles. The van der Waals surface area contributed by atoms with Gasteiger partial charge in [0, 0.05) is 23.0 Å². The fourth-order valence-corrected chi connectivity index (χ4v) is 3.21. The smallest absolute Gasteiger partial charge is 0.205 e. The third kappa shape index (κ3) is 3.11. The van der Waals surface area contributed by atoms with Gasteiger partial charge in [-0.15, -0.1) is 0 Å². The molecule has 0 radical (unpaired) electrons. The lowest BCUT2D eigenvalue weighted by Gasteiger charge is -2.04. The molecule has 0 aliphatic carbocycles. The molecule has 130 valence electrons. The van der Waals surface area contributed by atoms with E-state index in [0.29, 0.717) is 16.4 Å². The van der Waals surface area contributed by atoms with Gasteiger partial charge in [0.1, 0.15) is 11.4 Å². The second kappa shape index (κ2) is 6.94. The second-order valence-electron chi connectivity index (χ2n) is 5.81. The van der Waals surface area contributed by atoms with Crippen LogP contribution in [0.3, 0.4) is 0 Å². The summed E-state index contributed by atoms with van der Waals surface area (Å²) in [6, 6.07) is 15.6. The first-order valence-corrected chi connectivity index (χ1v) is 9.04. The number of hydrogen-bond donors (Lipinski definition) is 1. The van der Waals surface area contributed by atoms with Crippen LogP contribution in [-0.4, -0.2) is 21.0 Å². The van der Waals surface area contributed by atoms with Gasteiger partial charge in [-0.1, -0.05) is 23.7 Å². The molecule has 1 N–H and O–H groups in total. The van der Waals surface area contributed by atoms with Gasteiger partial charge >= 0.3 is 0 Å². The lowest BCUT2D eigenvalue weighted by Crippen LogP contribution is -1.92. The molecule has 0 aliphatic heterocycles. The topological polar surface area (TPSA) is 42.3 Å². The fourth-order valence-electron chi connectivity index (χ4n) is 2.89. The number of fused-ring (bicyclic) bond motifs is 1. The highest BCUT2D eigenvalue weighted by Gasteiger charge is 2.10. The Labute approximate surface area is 161 Å². The summed E-state index contributed by atoms with van der Waals surface area (Å²) >= 11 is 11.4. The summed E-state index contributed by atoms with van der Waals surface area (Å²) in [4.78, 5) is 7.82. The Kier molecular flexibility index (Phi) is 4.49. The van der Waals surface area contributed by atoms with Crippen molar-refractivity contribution in [2.75, 3.05) is 6.61 Å². The number of hydrogen-bond acceptors (Lipinski definition) is 3. The van der Waals surface area contributed by atoms with Gasteiger partial charge < -0.3 is 9.72 Å². The summed E-state index contributed by atoms with van der Waals surface area (Å²) in [5.41, 5.74) is 4.90. The zero-order valence-corrected chi connectivity index (χ0v) is 15.6. The maximum Gasteiger partial charge on any atom is 0.205 e. The van der Waals surface area contributed by atoms with Crippen LogP contribution in [0.5, 0.6) is 5.75 Å². The summed E-state index contributed by atoms with van der Waals surface area (Å²) < 4.78 is 7.91. The first-order chi connectivity index (χ1) is 12.7. The average Bonchev–Trinajstić information content (AvgIpc) is 3.10. The fraction of sp³-hybridized carbons (Fsp3) is 0.100. The van der Waals surface area contributed by atoms with Gasteiger partial charge in [0.05, 0.1) is 12.3 Å². The molecule has 0 amide bonds. The van der Waals surface area contributed by atoms with E-state index in [-0.39, 0.29) is 0 Å². The molecule has 6 heteroatoms. The quantitative estimate of drug-likeness (QED) is 0.456. The molecule has 4 nitrogen and oxygen atoms in total. The number of aromatic nitrogens is 3. The third-order valence-corrected chi connectivity index (χ3v) is 4.70. The lowest BCUT2D eigenvalue weighted by atomic mass is 10.1. The zero-order valence-electron chi connectivity index (χ0n) is 14.1. The van der Waals surface area contributed by atoms with Crippen molar-refractivity contribution in [3.05, 3.63) is 70.7 Å². The molecule has 0 spiro atoms. The average molecular weight is 382 g/mol. The van der Waals surface area contributed by atoms with Crippen molar-refractivity contribution >= 4 is 29.5 Å². The molecule has 0 bridgehead atoms. The number of ether oxygens (including phenoxy) is 1. The maximum atomic E-state index is 6.01. The second-order valence-corrected chi connectivity index (χ2v) is 6.61. The van der Waals surface area contributed by atoms with E-state index in [1.54, 1.807) is 6.20 Å². The molecule has 4 rings (SSSR count). The summed E-state index contributed by atoms with van der Waals surface area (Å²) in [6.07, 6.45) is 3.76. The lowest BCUT2D eigenvalue weighted by molar-refractivity contribution is 0.340. The number of benzene rings is 2. The normalized spacial score (nSPS) is 11.0. The molecule has 26 heavy (non-hydrogen) atoms. The summed E-state index contributed by atoms with van der Waals surface area (Å²) in [5, 5.41) is 0.701. The maximum absolute atomic E-state index is 6.01. The minimum atomic E-state index is 0.506. The van der Waals surface area contributed by atoms with Crippen LogP contribution in [0.15, 0.2) is 60.9 Å².